The van der Waals surface area contributed by atoms with Gasteiger partial charge in [0.15, 0.2) is 0 Å². The van der Waals surface area contributed by atoms with E-state index in [0.29, 0.717) is 19.7 Å². The monoisotopic (exact) mass is 199 g/mol. The molecule has 0 aliphatic carbocycles. The molecule has 4 heteroatoms. The van der Waals surface area contributed by atoms with Crippen molar-refractivity contribution in [3.05, 3.63) is 0 Å². The predicted molar refractivity (Wildman–Crippen MR) is 51.0 cm³/mol. The third-order valence-electron chi connectivity index (χ3n) is 2.76. The molecule has 0 aromatic carbocycles. The van der Waals surface area contributed by atoms with Gasteiger partial charge in [-0.25, -0.2) is 0 Å². The summed E-state index contributed by atoms with van der Waals surface area (Å²) in [7, 11) is 0. The molecule has 80 valence electrons. The fourth-order valence-electron chi connectivity index (χ4n) is 1.99. The summed E-state index contributed by atoms with van der Waals surface area (Å²) in [5, 5.41) is 0. The largest absolute Gasteiger partial charge is 0.375 e. The van der Waals surface area contributed by atoms with E-state index >= 15 is 0 Å². The third-order valence-corrected chi connectivity index (χ3v) is 2.76. The highest BCUT2D eigenvalue weighted by molar-refractivity contribution is 5.81. The first kappa shape index (κ1) is 9.93. The van der Waals surface area contributed by atoms with E-state index in [4.69, 9.17) is 9.47 Å². The van der Waals surface area contributed by atoms with Crippen molar-refractivity contribution in [1.29, 1.82) is 0 Å². The molecular weight excluding hydrogens is 182 g/mol. The van der Waals surface area contributed by atoms with Crippen LogP contribution in [0.25, 0.3) is 0 Å². The highest BCUT2D eigenvalue weighted by Gasteiger charge is 2.30. The lowest BCUT2D eigenvalue weighted by Gasteiger charge is -2.32. The van der Waals surface area contributed by atoms with Crippen LogP contribution in [-0.4, -0.2) is 49.3 Å². The molecule has 2 heterocycles. The predicted octanol–water partition coefficient (Wildman–Crippen LogP) is 0.413. The molecule has 4 nitrogen and oxygen atoms in total. The van der Waals surface area contributed by atoms with Gasteiger partial charge in [0, 0.05) is 19.7 Å². The number of carbonyl (C=O) groups excluding carboxylic acids is 1. The van der Waals surface area contributed by atoms with Crippen molar-refractivity contribution in [2.75, 3.05) is 26.3 Å². The first-order chi connectivity index (χ1) is 6.77. The summed E-state index contributed by atoms with van der Waals surface area (Å²) in [6.07, 6.45) is 1.87. The number of ether oxygens (including phenoxy) is 2. The minimum Gasteiger partial charge on any atom is -0.375 e. The maximum Gasteiger partial charge on any atom is 0.251 e. The molecule has 2 atom stereocenters. The van der Waals surface area contributed by atoms with Crippen molar-refractivity contribution >= 4 is 5.91 Å². The summed E-state index contributed by atoms with van der Waals surface area (Å²) in [5.41, 5.74) is 0. The van der Waals surface area contributed by atoms with Gasteiger partial charge in [0.05, 0.1) is 12.7 Å². The summed E-state index contributed by atoms with van der Waals surface area (Å²) in [6, 6.07) is 0. The number of carbonyl (C=O) groups is 1. The van der Waals surface area contributed by atoms with Gasteiger partial charge in [0.2, 0.25) is 0 Å². The van der Waals surface area contributed by atoms with E-state index in [2.05, 4.69) is 0 Å². The topological polar surface area (TPSA) is 38.8 Å². The standard InChI is InChI=1S/C10H17NO3/c1-8-7-11(4-6-13-8)10(12)9-3-2-5-14-9/h8-9H,2-7H2,1H3. The van der Waals surface area contributed by atoms with Crippen LogP contribution in [0, 0.1) is 0 Å². The second-order valence-corrected chi connectivity index (χ2v) is 3.97. The molecule has 2 aliphatic rings. The summed E-state index contributed by atoms with van der Waals surface area (Å²) in [5.74, 6) is 0.151. The lowest BCUT2D eigenvalue weighted by atomic mass is 10.2. The third kappa shape index (κ3) is 2.07. The molecule has 2 unspecified atom stereocenters. The second kappa shape index (κ2) is 4.28. The Labute approximate surface area is 84.2 Å². The number of hydrogen-bond acceptors (Lipinski definition) is 3. The minimum atomic E-state index is -0.180. The molecule has 0 saturated carbocycles. The van der Waals surface area contributed by atoms with Crippen LogP contribution in [0.3, 0.4) is 0 Å². The zero-order valence-electron chi connectivity index (χ0n) is 8.57. The molecule has 0 bridgehead atoms. The summed E-state index contributed by atoms with van der Waals surface area (Å²) >= 11 is 0. The van der Waals surface area contributed by atoms with Gasteiger partial charge in [-0.15, -0.1) is 0 Å². The van der Waals surface area contributed by atoms with E-state index in [1.807, 2.05) is 11.8 Å². The zero-order valence-corrected chi connectivity index (χ0v) is 8.57. The van der Waals surface area contributed by atoms with Gasteiger partial charge in [0.1, 0.15) is 6.10 Å². The number of morpholine rings is 1. The number of rotatable bonds is 1. The maximum absolute atomic E-state index is 11.9. The first-order valence-corrected chi connectivity index (χ1v) is 5.29. The van der Waals surface area contributed by atoms with E-state index in [0.717, 1.165) is 19.4 Å². The van der Waals surface area contributed by atoms with Gasteiger partial charge in [-0.3, -0.25) is 4.79 Å². The quantitative estimate of drug-likeness (QED) is 0.614. The molecule has 14 heavy (non-hydrogen) atoms. The first-order valence-electron chi connectivity index (χ1n) is 5.29. The van der Waals surface area contributed by atoms with E-state index in [9.17, 15) is 4.79 Å². The average molecular weight is 199 g/mol. The Hall–Kier alpha value is -0.610. The molecule has 0 radical (unpaired) electrons. The smallest absolute Gasteiger partial charge is 0.251 e. The number of hydrogen-bond donors (Lipinski definition) is 0. The molecule has 0 aromatic heterocycles. The Bertz CT molecular complexity index is 213. The lowest BCUT2D eigenvalue weighted by Crippen LogP contribution is -2.48. The normalized spacial score (nSPS) is 33.4. The molecule has 2 rings (SSSR count). The molecule has 2 fully saturated rings. The lowest BCUT2D eigenvalue weighted by molar-refractivity contribution is -0.147. The van der Waals surface area contributed by atoms with Crippen molar-refractivity contribution in [2.45, 2.75) is 32.0 Å². The fourth-order valence-corrected chi connectivity index (χ4v) is 1.99. The number of nitrogens with zero attached hydrogens (tertiary/aromatic N) is 1. The van der Waals surface area contributed by atoms with Gasteiger partial charge in [-0.1, -0.05) is 0 Å². The molecule has 2 saturated heterocycles. The fraction of sp³-hybridized carbons (Fsp3) is 0.900. The summed E-state index contributed by atoms with van der Waals surface area (Å²) in [4.78, 5) is 13.8. The molecule has 0 N–H and O–H groups in total. The van der Waals surface area contributed by atoms with Gasteiger partial charge in [0.25, 0.3) is 5.91 Å². The van der Waals surface area contributed by atoms with Crippen LogP contribution in [0.5, 0.6) is 0 Å². The SMILES string of the molecule is CC1CN(C(=O)C2CCCO2)CCO1. The van der Waals surface area contributed by atoms with Crippen molar-refractivity contribution in [2.24, 2.45) is 0 Å². The van der Waals surface area contributed by atoms with E-state index in [1.165, 1.54) is 0 Å². The Morgan fingerprint density at radius 2 is 2.21 bits per heavy atom. The van der Waals surface area contributed by atoms with Crippen LogP contribution < -0.4 is 0 Å². The van der Waals surface area contributed by atoms with Gasteiger partial charge in [-0.05, 0) is 19.8 Å². The van der Waals surface area contributed by atoms with Gasteiger partial charge < -0.3 is 14.4 Å². The Morgan fingerprint density at radius 3 is 2.86 bits per heavy atom. The van der Waals surface area contributed by atoms with Crippen LogP contribution in [0.1, 0.15) is 19.8 Å². The van der Waals surface area contributed by atoms with Crippen molar-refractivity contribution < 1.29 is 14.3 Å². The Kier molecular flexibility index (Phi) is 3.03. The molecule has 2 aliphatic heterocycles. The van der Waals surface area contributed by atoms with Crippen LogP contribution in [-0.2, 0) is 14.3 Å². The highest BCUT2D eigenvalue weighted by atomic mass is 16.5. The van der Waals surface area contributed by atoms with Crippen molar-refractivity contribution in [3.63, 3.8) is 0 Å². The molecular formula is C10H17NO3. The number of amides is 1. The van der Waals surface area contributed by atoms with Crippen LogP contribution in [0.2, 0.25) is 0 Å². The Balaban J connectivity index is 1.89. The average Bonchev–Trinajstić information content (AvgIpc) is 2.69. The molecule has 0 spiro atoms. The zero-order chi connectivity index (χ0) is 9.97. The van der Waals surface area contributed by atoms with Crippen LogP contribution >= 0.6 is 0 Å². The second-order valence-electron chi connectivity index (χ2n) is 3.97. The van der Waals surface area contributed by atoms with Gasteiger partial charge >= 0.3 is 0 Å². The van der Waals surface area contributed by atoms with Crippen LogP contribution in [0.4, 0.5) is 0 Å². The van der Waals surface area contributed by atoms with E-state index in [-0.39, 0.29) is 18.1 Å². The van der Waals surface area contributed by atoms with Crippen LogP contribution in [0.15, 0.2) is 0 Å². The van der Waals surface area contributed by atoms with Crippen molar-refractivity contribution in [1.82, 2.24) is 4.90 Å². The molecule has 1 amide bonds. The summed E-state index contributed by atoms with van der Waals surface area (Å²) < 4.78 is 10.8. The molecule has 0 aromatic rings. The summed E-state index contributed by atoms with van der Waals surface area (Å²) in [6.45, 7) is 4.80. The Morgan fingerprint density at radius 1 is 1.36 bits per heavy atom. The van der Waals surface area contributed by atoms with E-state index < -0.39 is 0 Å². The van der Waals surface area contributed by atoms with E-state index in [1.54, 1.807) is 0 Å². The maximum atomic E-state index is 11.9. The van der Waals surface area contributed by atoms with Gasteiger partial charge in [-0.2, -0.15) is 0 Å². The van der Waals surface area contributed by atoms with Crippen molar-refractivity contribution in [3.8, 4) is 0 Å². The minimum absolute atomic E-state index is 0.151. The highest BCUT2D eigenvalue weighted by Crippen LogP contribution is 2.16.